The monoisotopic (exact) mass is 196 g/mol. The van der Waals surface area contributed by atoms with E-state index in [-0.39, 0.29) is 19.0 Å². The van der Waals surface area contributed by atoms with Crippen LogP contribution >= 0.6 is 0 Å². The summed E-state index contributed by atoms with van der Waals surface area (Å²) < 4.78 is 16.6. The molecule has 2 nitrogen and oxygen atoms in total. The second-order valence-corrected chi connectivity index (χ2v) is 3.05. The number of ether oxygens (including phenoxy) is 1. The van der Waals surface area contributed by atoms with Gasteiger partial charge in [-0.3, -0.25) is 4.39 Å². The fourth-order valence-corrected chi connectivity index (χ4v) is 1.07. The highest BCUT2D eigenvalue weighted by Gasteiger charge is 2.05. The average molecular weight is 196 g/mol. The van der Waals surface area contributed by atoms with Crippen molar-refractivity contribution in [1.82, 2.24) is 0 Å². The molecule has 76 valence electrons. The molecule has 0 amide bonds. The van der Waals surface area contributed by atoms with Crippen LogP contribution in [0.2, 0.25) is 0 Å². The van der Waals surface area contributed by atoms with Crippen LogP contribution in [-0.2, 0) is 4.74 Å². The number of esters is 1. The van der Waals surface area contributed by atoms with E-state index in [1.54, 1.807) is 18.2 Å². The molecular formula is C11H13FO2. The van der Waals surface area contributed by atoms with Crippen molar-refractivity contribution < 1.29 is 13.9 Å². The number of carbonyl (C=O) groups is 1. The van der Waals surface area contributed by atoms with Crippen LogP contribution in [0, 0.1) is 6.92 Å². The highest BCUT2D eigenvalue weighted by Crippen LogP contribution is 2.05. The average Bonchev–Trinajstić information content (AvgIpc) is 2.18. The molecule has 14 heavy (non-hydrogen) atoms. The molecule has 1 aromatic carbocycles. The topological polar surface area (TPSA) is 26.3 Å². The third-order valence-corrected chi connectivity index (χ3v) is 1.76. The Labute approximate surface area is 82.7 Å². The van der Waals surface area contributed by atoms with E-state index in [9.17, 15) is 9.18 Å². The fraction of sp³-hybridized carbons (Fsp3) is 0.364. The highest BCUT2D eigenvalue weighted by molar-refractivity contribution is 5.89. The SMILES string of the molecule is Cc1cccc(C(=O)OCCCF)c1. The number of hydrogen-bond acceptors (Lipinski definition) is 2. The summed E-state index contributed by atoms with van der Waals surface area (Å²) in [5.74, 6) is -0.387. The quantitative estimate of drug-likeness (QED) is 0.546. The first kappa shape index (κ1) is 10.7. The summed E-state index contributed by atoms with van der Waals surface area (Å²) in [6, 6.07) is 7.13. The molecule has 1 aromatic rings. The van der Waals surface area contributed by atoms with E-state index in [2.05, 4.69) is 0 Å². The summed E-state index contributed by atoms with van der Waals surface area (Å²) >= 11 is 0. The Hall–Kier alpha value is -1.38. The Morgan fingerprint density at radius 1 is 1.50 bits per heavy atom. The van der Waals surface area contributed by atoms with Crippen LogP contribution in [0.1, 0.15) is 22.3 Å². The van der Waals surface area contributed by atoms with Gasteiger partial charge in [0.2, 0.25) is 0 Å². The van der Waals surface area contributed by atoms with Gasteiger partial charge in [-0.25, -0.2) is 4.79 Å². The van der Waals surface area contributed by atoms with Gasteiger partial charge in [-0.1, -0.05) is 17.7 Å². The van der Waals surface area contributed by atoms with Crippen molar-refractivity contribution in [2.45, 2.75) is 13.3 Å². The molecule has 0 radical (unpaired) electrons. The van der Waals surface area contributed by atoms with E-state index in [1.165, 1.54) is 0 Å². The van der Waals surface area contributed by atoms with Gasteiger partial charge in [-0.2, -0.15) is 0 Å². The smallest absolute Gasteiger partial charge is 0.338 e. The molecule has 0 spiro atoms. The van der Waals surface area contributed by atoms with Crippen LogP contribution < -0.4 is 0 Å². The molecule has 0 heterocycles. The minimum atomic E-state index is -0.457. The summed E-state index contributed by atoms with van der Waals surface area (Å²) in [4.78, 5) is 11.3. The lowest BCUT2D eigenvalue weighted by molar-refractivity contribution is 0.0494. The maximum atomic E-state index is 11.7. The number of aryl methyl sites for hydroxylation is 1. The van der Waals surface area contributed by atoms with Crippen molar-refractivity contribution in [3.63, 3.8) is 0 Å². The van der Waals surface area contributed by atoms with E-state index < -0.39 is 6.67 Å². The molecule has 0 aliphatic rings. The van der Waals surface area contributed by atoms with Crippen LogP contribution in [0.4, 0.5) is 4.39 Å². The minimum Gasteiger partial charge on any atom is -0.462 e. The highest BCUT2D eigenvalue weighted by atomic mass is 19.1. The number of halogens is 1. The summed E-state index contributed by atoms with van der Waals surface area (Å²) in [5.41, 5.74) is 1.52. The summed E-state index contributed by atoms with van der Waals surface area (Å²) in [7, 11) is 0. The van der Waals surface area contributed by atoms with E-state index in [0.717, 1.165) is 5.56 Å². The third kappa shape index (κ3) is 3.17. The van der Waals surface area contributed by atoms with Gasteiger partial charge in [-0.05, 0) is 19.1 Å². The summed E-state index contributed by atoms with van der Waals surface area (Å²) in [6.07, 6.45) is 0.261. The molecule has 0 fully saturated rings. The first-order chi connectivity index (χ1) is 6.74. The molecule has 0 aromatic heterocycles. The molecule has 0 saturated heterocycles. The molecule has 1 rings (SSSR count). The third-order valence-electron chi connectivity index (χ3n) is 1.76. The second-order valence-electron chi connectivity index (χ2n) is 3.05. The van der Waals surface area contributed by atoms with Gasteiger partial charge in [-0.15, -0.1) is 0 Å². The lowest BCUT2D eigenvalue weighted by atomic mass is 10.1. The van der Waals surface area contributed by atoms with Gasteiger partial charge in [0, 0.05) is 6.42 Å². The number of benzene rings is 1. The first-order valence-corrected chi connectivity index (χ1v) is 4.54. The molecule has 0 atom stereocenters. The number of alkyl halides is 1. The lowest BCUT2D eigenvalue weighted by Crippen LogP contribution is -2.06. The van der Waals surface area contributed by atoms with E-state index in [4.69, 9.17) is 4.74 Å². The molecule has 0 aliphatic carbocycles. The lowest BCUT2D eigenvalue weighted by Gasteiger charge is -2.03. The Balaban J connectivity index is 2.52. The maximum Gasteiger partial charge on any atom is 0.338 e. The standard InChI is InChI=1S/C11H13FO2/c1-9-4-2-5-10(8-9)11(13)14-7-3-6-12/h2,4-5,8H,3,6-7H2,1H3. The van der Waals surface area contributed by atoms with Crippen LogP contribution in [-0.4, -0.2) is 19.3 Å². The Bertz CT molecular complexity index is 310. The zero-order valence-corrected chi connectivity index (χ0v) is 8.13. The van der Waals surface area contributed by atoms with Crippen molar-refractivity contribution in [2.24, 2.45) is 0 Å². The van der Waals surface area contributed by atoms with Crippen LogP contribution in [0.5, 0.6) is 0 Å². The molecule has 3 heteroatoms. The van der Waals surface area contributed by atoms with Gasteiger partial charge in [0.25, 0.3) is 0 Å². The van der Waals surface area contributed by atoms with E-state index in [0.29, 0.717) is 5.56 Å². The van der Waals surface area contributed by atoms with Crippen LogP contribution in [0.3, 0.4) is 0 Å². The van der Waals surface area contributed by atoms with Crippen molar-refractivity contribution in [1.29, 1.82) is 0 Å². The zero-order chi connectivity index (χ0) is 10.4. The van der Waals surface area contributed by atoms with Gasteiger partial charge < -0.3 is 4.74 Å². The second kappa shape index (κ2) is 5.37. The minimum absolute atomic E-state index is 0.142. The Kier molecular flexibility index (Phi) is 4.11. The molecule has 0 unspecified atom stereocenters. The van der Waals surface area contributed by atoms with Crippen molar-refractivity contribution >= 4 is 5.97 Å². The summed E-state index contributed by atoms with van der Waals surface area (Å²) in [6.45, 7) is 1.59. The molecule has 0 bridgehead atoms. The predicted molar refractivity (Wildman–Crippen MR) is 52.1 cm³/mol. The van der Waals surface area contributed by atoms with Gasteiger partial charge >= 0.3 is 5.97 Å². The van der Waals surface area contributed by atoms with Crippen LogP contribution in [0.25, 0.3) is 0 Å². The molecule has 0 saturated carbocycles. The van der Waals surface area contributed by atoms with Gasteiger partial charge in [0.05, 0.1) is 18.8 Å². The number of hydrogen-bond donors (Lipinski definition) is 0. The predicted octanol–water partition coefficient (Wildman–Crippen LogP) is 2.51. The molecule has 0 aliphatic heterocycles. The first-order valence-electron chi connectivity index (χ1n) is 4.54. The van der Waals surface area contributed by atoms with Crippen molar-refractivity contribution in [3.8, 4) is 0 Å². The fourth-order valence-electron chi connectivity index (χ4n) is 1.07. The largest absolute Gasteiger partial charge is 0.462 e. The van der Waals surface area contributed by atoms with E-state index in [1.807, 2.05) is 13.0 Å². The van der Waals surface area contributed by atoms with Gasteiger partial charge in [0.15, 0.2) is 0 Å². The number of rotatable bonds is 4. The van der Waals surface area contributed by atoms with E-state index >= 15 is 0 Å². The maximum absolute atomic E-state index is 11.7. The van der Waals surface area contributed by atoms with Gasteiger partial charge in [0.1, 0.15) is 0 Å². The molecular weight excluding hydrogens is 183 g/mol. The number of carbonyl (C=O) groups excluding carboxylic acids is 1. The summed E-state index contributed by atoms with van der Waals surface area (Å²) in [5, 5.41) is 0. The van der Waals surface area contributed by atoms with Crippen LogP contribution in [0.15, 0.2) is 24.3 Å². The zero-order valence-electron chi connectivity index (χ0n) is 8.13. The Morgan fingerprint density at radius 2 is 2.29 bits per heavy atom. The normalized spacial score (nSPS) is 9.86. The molecule has 0 N–H and O–H groups in total. The van der Waals surface area contributed by atoms with Crippen molar-refractivity contribution in [2.75, 3.05) is 13.3 Å². The Morgan fingerprint density at radius 3 is 2.93 bits per heavy atom. The van der Waals surface area contributed by atoms with Crippen molar-refractivity contribution in [3.05, 3.63) is 35.4 Å².